The van der Waals surface area contributed by atoms with E-state index >= 15 is 0 Å². The molecule has 0 aromatic heterocycles. The maximum absolute atomic E-state index is 10.7. The highest BCUT2D eigenvalue weighted by Gasteiger charge is 2.02. The van der Waals surface area contributed by atoms with Crippen LogP contribution in [0.25, 0.3) is 6.08 Å². The SMILES string of the molecule is O=C(Cl)/C=C/c1ccc(OCc2ccccc2)c(I)c1. The predicted molar refractivity (Wildman–Crippen MR) is 89.8 cm³/mol. The highest BCUT2D eigenvalue weighted by molar-refractivity contribution is 14.1. The Kier molecular flexibility index (Phi) is 5.61. The quantitative estimate of drug-likeness (QED) is 0.416. The molecule has 102 valence electrons. The maximum Gasteiger partial charge on any atom is 0.245 e. The molecule has 0 atom stereocenters. The van der Waals surface area contributed by atoms with Gasteiger partial charge >= 0.3 is 0 Å². The lowest BCUT2D eigenvalue weighted by atomic mass is 10.2. The number of carbonyl (C=O) groups is 1. The van der Waals surface area contributed by atoms with E-state index in [2.05, 4.69) is 22.6 Å². The average molecular weight is 399 g/mol. The van der Waals surface area contributed by atoms with Gasteiger partial charge in [-0.25, -0.2) is 0 Å². The van der Waals surface area contributed by atoms with Crippen molar-refractivity contribution in [3.05, 3.63) is 69.3 Å². The minimum atomic E-state index is -0.482. The molecule has 0 aliphatic heterocycles. The number of carbonyl (C=O) groups excluding carboxylic acids is 1. The molecule has 0 unspecified atom stereocenters. The van der Waals surface area contributed by atoms with Crippen LogP contribution in [0.2, 0.25) is 0 Å². The summed E-state index contributed by atoms with van der Waals surface area (Å²) in [5.74, 6) is 0.823. The second-order valence-electron chi connectivity index (χ2n) is 4.10. The van der Waals surface area contributed by atoms with E-state index in [0.29, 0.717) is 6.61 Å². The fourth-order valence-electron chi connectivity index (χ4n) is 1.63. The fourth-order valence-corrected chi connectivity index (χ4v) is 2.39. The third-order valence-corrected chi connectivity index (χ3v) is 3.57. The number of benzene rings is 2. The molecule has 2 aromatic rings. The van der Waals surface area contributed by atoms with Crippen LogP contribution in [0.4, 0.5) is 0 Å². The van der Waals surface area contributed by atoms with E-state index < -0.39 is 5.24 Å². The highest BCUT2D eigenvalue weighted by Crippen LogP contribution is 2.23. The number of allylic oxidation sites excluding steroid dienone is 1. The summed E-state index contributed by atoms with van der Waals surface area (Å²) in [4.78, 5) is 10.7. The van der Waals surface area contributed by atoms with Gasteiger partial charge in [-0.2, -0.15) is 0 Å². The van der Waals surface area contributed by atoms with E-state index in [1.165, 1.54) is 6.08 Å². The van der Waals surface area contributed by atoms with Gasteiger partial charge in [0.15, 0.2) is 0 Å². The van der Waals surface area contributed by atoms with Crippen LogP contribution in [0.5, 0.6) is 5.75 Å². The topological polar surface area (TPSA) is 26.3 Å². The van der Waals surface area contributed by atoms with Crippen molar-refractivity contribution in [3.63, 3.8) is 0 Å². The molecule has 0 saturated heterocycles. The minimum absolute atomic E-state index is 0.482. The van der Waals surface area contributed by atoms with Crippen molar-refractivity contribution in [2.75, 3.05) is 0 Å². The largest absolute Gasteiger partial charge is 0.488 e. The van der Waals surface area contributed by atoms with Gasteiger partial charge in [-0.1, -0.05) is 42.5 Å². The Balaban J connectivity index is 2.04. The molecular formula is C16H12ClIO2. The number of rotatable bonds is 5. The van der Waals surface area contributed by atoms with Crippen molar-refractivity contribution in [3.8, 4) is 5.75 Å². The lowest BCUT2D eigenvalue weighted by Gasteiger charge is -2.09. The van der Waals surface area contributed by atoms with Crippen LogP contribution < -0.4 is 4.74 Å². The second-order valence-corrected chi connectivity index (χ2v) is 5.64. The second kappa shape index (κ2) is 7.45. The van der Waals surface area contributed by atoms with Crippen molar-refractivity contribution in [1.29, 1.82) is 0 Å². The lowest BCUT2D eigenvalue weighted by Crippen LogP contribution is -1.96. The van der Waals surface area contributed by atoms with E-state index in [1.54, 1.807) is 6.08 Å². The first-order valence-corrected chi connectivity index (χ1v) is 7.44. The first-order valence-electron chi connectivity index (χ1n) is 5.99. The summed E-state index contributed by atoms with van der Waals surface area (Å²) in [6.45, 7) is 0.534. The molecule has 0 saturated carbocycles. The van der Waals surface area contributed by atoms with Crippen molar-refractivity contribution in [2.24, 2.45) is 0 Å². The first-order chi connectivity index (χ1) is 9.65. The molecule has 0 radical (unpaired) electrons. The number of ether oxygens (including phenoxy) is 1. The van der Waals surface area contributed by atoms with Crippen LogP contribution in [-0.2, 0) is 11.4 Å². The van der Waals surface area contributed by atoms with Gasteiger partial charge in [-0.15, -0.1) is 0 Å². The molecule has 0 N–H and O–H groups in total. The zero-order valence-electron chi connectivity index (χ0n) is 10.6. The monoisotopic (exact) mass is 398 g/mol. The first kappa shape index (κ1) is 15.1. The number of halogens is 2. The van der Waals surface area contributed by atoms with Gasteiger partial charge in [0.25, 0.3) is 0 Å². The molecule has 20 heavy (non-hydrogen) atoms. The van der Waals surface area contributed by atoms with Gasteiger partial charge in [0.1, 0.15) is 12.4 Å². The molecule has 0 spiro atoms. The Bertz CT molecular complexity index is 624. The zero-order chi connectivity index (χ0) is 14.4. The van der Waals surface area contributed by atoms with E-state index in [4.69, 9.17) is 16.3 Å². The predicted octanol–water partition coefficient (Wildman–Crippen LogP) is 4.65. The Hall–Kier alpha value is -1.33. The molecule has 2 nitrogen and oxygen atoms in total. The summed E-state index contributed by atoms with van der Waals surface area (Å²) >= 11 is 7.47. The van der Waals surface area contributed by atoms with Gasteiger partial charge in [-0.05, 0) is 63.5 Å². The summed E-state index contributed by atoms with van der Waals surface area (Å²) in [6, 6.07) is 15.7. The van der Waals surface area contributed by atoms with E-state index in [0.717, 1.165) is 20.4 Å². The molecule has 0 bridgehead atoms. The molecule has 2 rings (SSSR count). The van der Waals surface area contributed by atoms with Crippen LogP contribution in [0, 0.1) is 3.57 Å². The molecule has 0 fully saturated rings. The Morgan fingerprint density at radius 1 is 1.20 bits per heavy atom. The highest BCUT2D eigenvalue weighted by atomic mass is 127. The fraction of sp³-hybridized carbons (Fsp3) is 0.0625. The summed E-state index contributed by atoms with van der Waals surface area (Å²) in [7, 11) is 0. The van der Waals surface area contributed by atoms with Crippen molar-refractivity contribution in [2.45, 2.75) is 6.61 Å². The van der Waals surface area contributed by atoms with Gasteiger partial charge < -0.3 is 4.74 Å². The smallest absolute Gasteiger partial charge is 0.245 e. The van der Waals surface area contributed by atoms with Gasteiger partial charge in [-0.3, -0.25) is 4.79 Å². The van der Waals surface area contributed by atoms with Crippen LogP contribution in [0.3, 0.4) is 0 Å². The average Bonchev–Trinajstić information content (AvgIpc) is 2.45. The van der Waals surface area contributed by atoms with E-state index in [9.17, 15) is 4.79 Å². The van der Waals surface area contributed by atoms with Crippen molar-refractivity contribution < 1.29 is 9.53 Å². The molecule has 4 heteroatoms. The maximum atomic E-state index is 10.7. The molecule has 2 aromatic carbocycles. The Morgan fingerprint density at radius 2 is 1.95 bits per heavy atom. The zero-order valence-corrected chi connectivity index (χ0v) is 13.5. The number of hydrogen-bond acceptors (Lipinski definition) is 2. The standard InChI is InChI=1S/C16H12ClIO2/c17-16(19)9-7-12-6-8-15(14(18)10-12)20-11-13-4-2-1-3-5-13/h1-10H,11H2/b9-7+. The minimum Gasteiger partial charge on any atom is -0.488 e. The van der Waals surface area contributed by atoms with E-state index in [1.807, 2.05) is 48.5 Å². The van der Waals surface area contributed by atoms with Gasteiger partial charge in [0, 0.05) is 0 Å². The Labute approximate surface area is 136 Å². The molecule has 0 amide bonds. The third kappa shape index (κ3) is 4.65. The molecule has 0 aliphatic carbocycles. The molecule has 0 heterocycles. The van der Waals surface area contributed by atoms with Crippen molar-refractivity contribution in [1.82, 2.24) is 0 Å². The normalized spacial score (nSPS) is 10.7. The summed E-state index contributed by atoms with van der Waals surface area (Å²) in [5.41, 5.74) is 2.04. The van der Waals surface area contributed by atoms with Crippen molar-refractivity contribution >= 4 is 45.5 Å². The Morgan fingerprint density at radius 3 is 2.60 bits per heavy atom. The molecule has 0 aliphatic rings. The van der Waals surface area contributed by atoms with Crippen LogP contribution in [0.15, 0.2) is 54.6 Å². The summed E-state index contributed by atoms with van der Waals surface area (Å²) in [6.07, 6.45) is 3.01. The van der Waals surface area contributed by atoms with Gasteiger partial charge in [0.2, 0.25) is 5.24 Å². The lowest BCUT2D eigenvalue weighted by molar-refractivity contribution is -0.107. The van der Waals surface area contributed by atoms with Crippen LogP contribution >= 0.6 is 34.2 Å². The van der Waals surface area contributed by atoms with Gasteiger partial charge in [0.05, 0.1) is 3.57 Å². The summed E-state index contributed by atoms with van der Waals surface area (Å²) < 4.78 is 6.77. The third-order valence-electron chi connectivity index (χ3n) is 2.60. The summed E-state index contributed by atoms with van der Waals surface area (Å²) in [5, 5.41) is -0.482. The van der Waals surface area contributed by atoms with Crippen LogP contribution in [-0.4, -0.2) is 5.24 Å². The number of hydrogen-bond donors (Lipinski definition) is 0. The van der Waals surface area contributed by atoms with E-state index in [-0.39, 0.29) is 0 Å². The van der Waals surface area contributed by atoms with Crippen LogP contribution in [0.1, 0.15) is 11.1 Å². The molecular weight excluding hydrogens is 387 g/mol.